The fourth-order valence-corrected chi connectivity index (χ4v) is 9.92. The lowest BCUT2D eigenvalue weighted by Crippen LogP contribution is -2.56. The summed E-state index contributed by atoms with van der Waals surface area (Å²) in [5.41, 5.74) is 0.257. The molecule has 2 unspecified atom stereocenters. The third-order valence-electron chi connectivity index (χ3n) is 9.15. The van der Waals surface area contributed by atoms with E-state index in [1.54, 1.807) is 0 Å². The van der Waals surface area contributed by atoms with Gasteiger partial charge in [-0.05, 0) is 60.2 Å². The van der Waals surface area contributed by atoms with E-state index in [0.717, 1.165) is 48.3 Å². The zero-order valence-corrected chi connectivity index (χ0v) is 10.2. The Morgan fingerprint density at radius 1 is 0.778 bits per heavy atom. The number of fused-ring (bicyclic) bond motifs is 1. The summed E-state index contributed by atoms with van der Waals surface area (Å²) in [6, 6.07) is 0. The van der Waals surface area contributed by atoms with Gasteiger partial charge in [0, 0.05) is 10.8 Å². The van der Waals surface area contributed by atoms with Crippen LogP contribution in [0.25, 0.3) is 0 Å². The molecule has 7 saturated carbocycles. The average molecular weight is 242 g/mol. The predicted octanol–water partition coefficient (Wildman–Crippen LogP) is 1.04. The van der Waals surface area contributed by atoms with Gasteiger partial charge in [-0.3, -0.25) is 0 Å². The molecule has 94 valence electrons. The molecule has 8 aliphatic carbocycles. The van der Waals surface area contributed by atoms with E-state index in [4.69, 9.17) is 0 Å². The van der Waals surface area contributed by atoms with Crippen molar-refractivity contribution >= 4 is 0 Å². The van der Waals surface area contributed by atoms with Crippen LogP contribution in [-0.2, 0) is 0 Å². The SMILES string of the molecule is O[C@@H]1C[C@H]2[C@H]3C[C@H](O)[C@@]45[C@@H]6C=C[C@@H]7C6C([C@H]2[C@]174)[C@H]35. The molecule has 0 aliphatic heterocycles. The van der Waals surface area contributed by atoms with Gasteiger partial charge < -0.3 is 10.2 Å². The minimum atomic E-state index is -0.107. The molecule has 0 amide bonds. The monoisotopic (exact) mass is 242 g/mol. The van der Waals surface area contributed by atoms with Gasteiger partial charge in [0.2, 0.25) is 0 Å². The maximum Gasteiger partial charge on any atom is 0.0614 e. The Bertz CT molecular complexity index is 509. The lowest BCUT2D eigenvalue weighted by Gasteiger charge is -2.53. The number of hydrogen-bond donors (Lipinski definition) is 2. The van der Waals surface area contributed by atoms with Crippen LogP contribution in [0.2, 0.25) is 0 Å². The molecular formula is C16H18O2. The highest BCUT2D eigenvalue weighted by Gasteiger charge is 2.98. The summed E-state index contributed by atoms with van der Waals surface area (Å²) < 4.78 is 0. The van der Waals surface area contributed by atoms with Crippen molar-refractivity contribution in [2.45, 2.75) is 25.0 Å². The summed E-state index contributed by atoms with van der Waals surface area (Å²) in [5.74, 6) is 6.05. The summed E-state index contributed by atoms with van der Waals surface area (Å²) in [6.45, 7) is 0. The zero-order valence-electron chi connectivity index (χ0n) is 10.2. The van der Waals surface area contributed by atoms with Gasteiger partial charge in [-0.15, -0.1) is 0 Å². The van der Waals surface area contributed by atoms with Crippen molar-refractivity contribution in [2.24, 2.45) is 58.2 Å². The van der Waals surface area contributed by atoms with Gasteiger partial charge >= 0.3 is 0 Å². The molecule has 0 aromatic carbocycles. The number of rotatable bonds is 0. The van der Waals surface area contributed by atoms with Crippen molar-refractivity contribution in [1.82, 2.24) is 0 Å². The van der Waals surface area contributed by atoms with Gasteiger partial charge in [0.25, 0.3) is 0 Å². The van der Waals surface area contributed by atoms with E-state index in [-0.39, 0.29) is 23.0 Å². The van der Waals surface area contributed by atoms with Gasteiger partial charge in [0.1, 0.15) is 0 Å². The van der Waals surface area contributed by atoms with E-state index < -0.39 is 0 Å². The van der Waals surface area contributed by atoms with Crippen molar-refractivity contribution in [3.63, 3.8) is 0 Å². The minimum absolute atomic E-state index is 0.107. The first-order valence-electron chi connectivity index (χ1n) is 7.80. The molecule has 0 radical (unpaired) electrons. The second kappa shape index (κ2) is 1.96. The van der Waals surface area contributed by atoms with Gasteiger partial charge in [-0.2, -0.15) is 0 Å². The first-order chi connectivity index (χ1) is 8.75. The summed E-state index contributed by atoms with van der Waals surface area (Å²) in [4.78, 5) is 0. The average Bonchev–Trinajstić information content (AvgIpc) is 3.06. The van der Waals surface area contributed by atoms with E-state index >= 15 is 0 Å². The van der Waals surface area contributed by atoms with Gasteiger partial charge in [0.15, 0.2) is 0 Å². The molecule has 8 aliphatic rings. The standard InChI is InChI=1S/C16H18O2/c17-9-3-5-6-4-10(18)16-8-2-1-7-11(8)12(14(6)16)13(5)15(7,9)16/h1-2,5-14,17-18H,3-4H2/t5-,6+,7-,8-,9+,10-,11?,12?,13+,14+,15-,16-/m1/s1. The van der Waals surface area contributed by atoms with E-state index in [0.29, 0.717) is 11.8 Å². The number of allylic oxidation sites excluding steroid dienone is 2. The number of aliphatic hydroxyl groups excluding tert-OH is 2. The second-order valence-corrected chi connectivity index (χ2v) is 8.34. The van der Waals surface area contributed by atoms with Crippen LogP contribution < -0.4 is 0 Å². The van der Waals surface area contributed by atoms with Gasteiger partial charge in [-0.25, -0.2) is 0 Å². The Labute approximate surface area is 106 Å². The topological polar surface area (TPSA) is 40.5 Å². The van der Waals surface area contributed by atoms with Crippen LogP contribution in [0, 0.1) is 58.2 Å². The Hall–Kier alpha value is -0.340. The van der Waals surface area contributed by atoms with Crippen LogP contribution in [0.3, 0.4) is 0 Å². The molecule has 12 atom stereocenters. The van der Waals surface area contributed by atoms with Crippen LogP contribution >= 0.6 is 0 Å². The zero-order chi connectivity index (χ0) is 11.6. The lowest BCUT2D eigenvalue weighted by atomic mass is 9.52. The first kappa shape index (κ1) is 8.76. The molecule has 2 nitrogen and oxygen atoms in total. The molecule has 7 fully saturated rings. The normalized spacial score (nSPS) is 86.1. The lowest BCUT2D eigenvalue weighted by molar-refractivity contribution is -0.128. The van der Waals surface area contributed by atoms with Crippen molar-refractivity contribution in [1.29, 1.82) is 0 Å². The predicted molar refractivity (Wildman–Crippen MR) is 63.2 cm³/mol. The molecule has 2 N–H and O–H groups in total. The fourth-order valence-electron chi connectivity index (χ4n) is 9.92. The molecule has 8 rings (SSSR count). The van der Waals surface area contributed by atoms with E-state index in [1.165, 1.54) is 0 Å². The summed E-state index contributed by atoms with van der Waals surface area (Å²) in [7, 11) is 0. The molecule has 2 spiro atoms. The van der Waals surface area contributed by atoms with Crippen LogP contribution in [0.4, 0.5) is 0 Å². The van der Waals surface area contributed by atoms with Gasteiger partial charge in [0.05, 0.1) is 12.2 Å². The fraction of sp³-hybridized carbons (Fsp3) is 0.875. The smallest absolute Gasteiger partial charge is 0.0614 e. The minimum Gasteiger partial charge on any atom is -0.392 e. The molecule has 0 heterocycles. The van der Waals surface area contributed by atoms with Crippen LogP contribution in [0.15, 0.2) is 12.2 Å². The molecule has 2 heteroatoms. The van der Waals surface area contributed by atoms with E-state index in [9.17, 15) is 10.2 Å². The summed E-state index contributed by atoms with van der Waals surface area (Å²) >= 11 is 0. The molecule has 0 aromatic heterocycles. The van der Waals surface area contributed by atoms with Crippen molar-refractivity contribution < 1.29 is 10.2 Å². The molecule has 0 saturated heterocycles. The highest BCUT2D eigenvalue weighted by molar-refractivity contribution is 5.50. The summed E-state index contributed by atoms with van der Waals surface area (Å²) in [5, 5.41) is 21.8. The Balaban J connectivity index is 1.71. The van der Waals surface area contributed by atoms with Gasteiger partial charge in [-0.1, -0.05) is 12.2 Å². The molecule has 0 aromatic rings. The second-order valence-electron chi connectivity index (χ2n) is 8.34. The highest BCUT2D eigenvalue weighted by atomic mass is 16.3. The third-order valence-corrected chi connectivity index (χ3v) is 9.15. The van der Waals surface area contributed by atoms with Crippen LogP contribution in [0.5, 0.6) is 0 Å². The third kappa shape index (κ3) is 0.419. The van der Waals surface area contributed by atoms with E-state index in [2.05, 4.69) is 12.2 Å². The van der Waals surface area contributed by atoms with Crippen LogP contribution in [0.1, 0.15) is 12.8 Å². The summed E-state index contributed by atoms with van der Waals surface area (Å²) in [6.07, 6.45) is 6.76. The highest BCUT2D eigenvalue weighted by Crippen LogP contribution is 2.99. The van der Waals surface area contributed by atoms with Crippen molar-refractivity contribution in [3.8, 4) is 0 Å². The molecule has 18 heavy (non-hydrogen) atoms. The largest absolute Gasteiger partial charge is 0.392 e. The van der Waals surface area contributed by atoms with Crippen LogP contribution in [-0.4, -0.2) is 22.4 Å². The van der Waals surface area contributed by atoms with E-state index in [1.807, 2.05) is 0 Å². The maximum absolute atomic E-state index is 10.9. The quantitative estimate of drug-likeness (QED) is 0.623. The molecular weight excluding hydrogens is 224 g/mol. The number of aliphatic hydroxyl groups is 2. The first-order valence-corrected chi connectivity index (χ1v) is 7.80. The number of hydrogen-bond acceptors (Lipinski definition) is 2. The Kier molecular flexibility index (Phi) is 0.953. The van der Waals surface area contributed by atoms with Crippen molar-refractivity contribution in [3.05, 3.63) is 12.2 Å². The van der Waals surface area contributed by atoms with Crippen molar-refractivity contribution in [2.75, 3.05) is 0 Å². The Morgan fingerprint density at radius 3 is 1.78 bits per heavy atom. The maximum atomic E-state index is 10.9. The molecule has 8 bridgehead atoms. The Morgan fingerprint density at radius 2 is 1.28 bits per heavy atom.